The maximum absolute atomic E-state index is 14.3. The maximum Gasteiger partial charge on any atom is 0.247 e. The van der Waals surface area contributed by atoms with Crippen molar-refractivity contribution in [2.75, 3.05) is 0 Å². The number of ether oxygens (including phenoxy) is 1. The van der Waals surface area contributed by atoms with Gasteiger partial charge in [-0.05, 0) is 33.3 Å². The Morgan fingerprint density at radius 2 is 1.03 bits per heavy atom. The molecule has 0 spiro atoms. The Labute approximate surface area is 211 Å². The van der Waals surface area contributed by atoms with Gasteiger partial charge in [0.25, 0.3) is 0 Å². The third-order valence-electron chi connectivity index (χ3n) is 6.37. The van der Waals surface area contributed by atoms with Gasteiger partial charge in [-0.25, -0.2) is 0 Å². The van der Waals surface area contributed by atoms with Crippen molar-refractivity contribution in [1.29, 1.82) is 0 Å². The molecule has 4 aromatic carbocycles. The second kappa shape index (κ2) is 9.24. The molecule has 0 bridgehead atoms. The highest BCUT2D eigenvalue weighted by molar-refractivity contribution is 8.10. The molecular weight excluding hydrogens is 448 g/mol. The van der Waals surface area contributed by atoms with Crippen molar-refractivity contribution < 1.29 is 9.53 Å². The Morgan fingerprint density at radius 3 is 1.54 bits per heavy atom. The molecule has 2 nitrogen and oxygen atoms in total. The molecule has 0 aliphatic carbocycles. The van der Waals surface area contributed by atoms with Crippen LogP contribution in [0.15, 0.2) is 97.1 Å². The SMILES string of the molecule is Cc1ccc(C(=O)C2(c3ccc(C)cc3)OC(c3ccc(C)cc3)=C(c3ccc(C)cc3)S2)cc1. The van der Waals surface area contributed by atoms with Crippen LogP contribution in [0.1, 0.15) is 49.3 Å². The lowest BCUT2D eigenvalue weighted by Crippen LogP contribution is -2.33. The van der Waals surface area contributed by atoms with E-state index in [-0.39, 0.29) is 5.78 Å². The minimum atomic E-state index is -1.22. The first kappa shape index (κ1) is 23.2. The molecule has 0 saturated carbocycles. The van der Waals surface area contributed by atoms with Gasteiger partial charge in [-0.3, -0.25) is 4.79 Å². The highest BCUT2D eigenvalue weighted by Crippen LogP contribution is 2.58. The van der Waals surface area contributed by atoms with Crippen molar-refractivity contribution in [3.63, 3.8) is 0 Å². The zero-order chi connectivity index (χ0) is 24.6. The van der Waals surface area contributed by atoms with Crippen molar-refractivity contribution in [3.05, 3.63) is 142 Å². The first-order valence-electron chi connectivity index (χ1n) is 11.8. The number of aryl methyl sites for hydroxylation is 4. The van der Waals surface area contributed by atoms with Gasteiger partial charge in [0.2, 0.25) is 10.7 Å². The van der Waals surface area contributed by atoms with Gasteiger partial charge in [0.1, 0.15) is 5.76 Å². The van der Waals surface area contributed by atoms with Crippen LogP contribution in [0.2, 0.25) is 0 Å². The Morgan fingerprint density at radius 1 is 0.600 bits per heavy atom. The number of ketones is 1. The molecule has 1 unspecified atom stereocenters. The Kier molecular flexibility index (Phi) is 6.12. The fourth-order valence-electron chi connectivity index (χ4n) is 4.20. The van der Waals surface area contributed by atoms with E-state index < -0.39 is 4.93 Å². The summed E-state index contributed by atoms with van der Waals surface area (Å²) in [4.78, 5) is 14.0. The molecule has 174 valence electrons. The minimum Gasteiger partial charge on any atom is -0.462 e. The van der Waals surface area contributed by atoms with E-state index in [0.29, 0.717) is 5.56 Å². The standard InChI is InChI=1S/C32H28O2S/c1-21-5-13-25(14-6-21)29-30(26-15-7-22(2)8-16-26)35-32(34-29,28-19-11-24(4)12-20-28)31(33)27-17-9-23(3)10-18-27/h5-20H,1-4H3. The molecule has 5 rings (SSSR count). The van der Waals surface area contributed by atoms with E-state index in [1.165, 1.54) is 22.9 Å². The van der Waals surface area contributed by atoms with Crippen LogP contribution in [0.3, 0.4) is 0 Å². The summed E-state index contributed by atoms with van der Waals surface area (Å²) in [5.74, 6) is 0.679. The van der Waals surface area contributed by atoms with Crippen LogP contribution in [-0.2, 0) is 9.67 Å². The van der Waals surface area contributed by atoms with Gasteiger partial charge < -0.3 is 4.74 Å². The number of benzene rings is 4. The van der Waals surface area contributed by atoms with Crippen molar-refractivity contribution in [1.82, 2.24) is 0 Å². The summed E-state index contributed by atoms with van der Waals surface area (Å²) in [5.41, 5.74) is 8.10. The monoisotopic (exact) mass is 476 g/mol. The first-order valence-corrected chi connectivity index (χ1v) is 12.6. The Hall–Kier alpha value is -3.56. The maximum atomic E-state index is 14.3. The third-order valence-corrected chi connectivity index (χ3v) is 7.79. The third kappa shape index (κ3) is 4.44. The molecule has 0 amide bonds. The predicted molar refractivity (Wildman–Crippen MR) is 146 cm³/mol. The molecule has 4 aromatic rings. The molecule has 0 fully saturated rings. The van der Waals surface area contributed by atoms with Crippen LogP contribution in [0.25, 0.3) is 10.7 Å². The zero-order valence-electron chi connectivity index (χ0n) is 20.5. The van der Waals surface area contributed by atoms with Gasteiger partial charge in [0.05, 0.1) is 4.91 Å². The summed E-state index contributed by atoms with van der Waals surface area (Å²) in [6.45, 7) is 8.22. The van der Waals surface area contributed by atoms with E-state index in [1.54, 1.807) is 0 Å². The fourth-order valence-corrected chi connectivity index (χ4v) is 5.58. The van der Waals surface area contributed by atoms with E-state index in [1.807, 2.05) is 55.5 Å². The van der Waals surface area contributed by atoms with Crippen LogP contribution >= 0.6 is 11.8 Å². The molecule has 0 aromatic heterocycles. The normalized spacial score (nSPS) is 17.4. The number of carbonyl (C=O) groups excluding carboxylic acids is 1. The van der Waals surface area contributed by atoms with E-state index in [4.69, 9.17) is 4.74 Å². The minimum absolute atomic E-state index is 0.0573. The number of hydrogen-bond acceptors (Lipinski definition) is 3. The van der Waals surface area contributed by atoms with E-state index in [9.17, 15) is 4.79 Å². The van der Waals surface area contributed by atoms with Gasteiger partial charge >= 0.3 is 0 Å². The lowest BCUT2D eigenvalue weighted by molar-refractivity contribution is 0.0670. The van der Waals surface area contributed by atoms with Crippen LogP contribution < -0.4 is 0 Å². The quantitative estimate of drug-likeness (QED) is 0.271. The average molecular weight is 477 g/mol. The van der Waals surface area contributed by atoms with E-state index in [0.717, 1.165) is 38.5 Å². The number of carbonyl (C=O) groups is 1. The zero-order valence-corrected chi connectivity index (χ0v) is 21.3. The smallest absolute Gasteiger partial charge is 0.247 e. The molecule has 1 aliphatic heterocycles. The highest BCUT2D eigenvalue weighted by Gasteiger charge is 2.50. The summed E-state index contributed by atoms with van der Waals surface area (Å²) in [6.07, 6.45) is 0. The van der Waals surface area contributed by atoms with Crippen LogP contribution in [-0.4, -0.2) is 5.78 Å². The molecule has 3 heteroatoms. The molecule has 0 saturated heterocycles. The molecule has 0 radical (unpaired) electrons. The van der Waals surface area contributed by atoms with Crippen molar-refractivity contribution >= 4 is 28.2 Å². The number of thioether (sulfide) groups is 1. The number of Topliss-reactive ketones (excluding diaryl/α,β-unsaturated/α-hetero) is 1. The summed E-state index contributed by atoms with van der Waals surface area (Å²) < 4.78 is 6.84. The van der Waals surface area contributed by atoms with Gasteiger partial charge in [-0.2, -0.15) is 0 Å². The van der Waals surface area contributed by atoms with Crippen LogP contribution in [0, 0.1) is 27.7 Å². The highest BCUT2D eigenvalue weighted by atomic mass is 32.2. The summed E-state index contributed by atoms with van der Waals surface area (Å²) >= 11 is 1.50. The topological polar surface area (TPSA) is 26.3 Å². The molecule has 1 heterocycles. The summed E-state index contributed by atoms with van der Waals surface area (Å²) in [5, 5.41) is 0. The average Bonchev–Trinajstić information content (AvgIpc) is 3.27. The molecule has 1 atom stereocenters. The Bertz CT molecular complexity index is 1340. The molecule has 0 N–H and O–H groups in total. The van der Waals surface area contributed by atoms with Crippen molar-refractivity contribution in [2.24, 2.45) is 0 Å². The number of hydrogen-bond donors (Lipinski definition) is 0. The lowest BCUT2D eigenvalue weighted by Gasteiger charge is -2.28. The van der Waals surface area contributed by atoms with Crippen LogP contribution in [0.4, 0.5) is 0 Å². The second-order valence-corrected chi connectivity index (χ2v) is 10.5. The van der Waals surface area contributed by atoms with Crippen LogP contribution in [0.5, 0.6) is 0 Å². The molecule has 1 aliphatic rings. The summed E-state index contributed by atoms with van der Waals surface area (Å²) in [6, 6.07) is 32.6. The van der Waals surface area contributed by atoms with E-state index in [2.05, 4.69) is 69.3 Å². The molecular formula is C32H28O2S. The van der Waals surface area contributed by atoms with Crippen molar-refractivity contribution in [2.45, 2.75) is 32.6 Å². The lowest BCUT2D eigenvalue weighted by atomic mass is 9.97. The van der Waals surface area contributed by atoms with Crippen molar-refractivity contribution in [3.8, 4) is 0 Å². The number of rotatable bonds is 5. The van der Waals surface area contributed by atoms with Gasteiger partial charge in [0.15, 0.2) is 0 Å². The largest absolute Gasteiger partial charge is 0.462 e. The first-order chi connectivity index (χ1) is 16.9. The van der Waals surface area contributed by atoms with Gasteiger partial charge in [-0.15, -0.1) is 0 Å². The fraction of sp³-hybridized carbons (Fsp3) is 0.156. The van der Waals surface area contributed by atoms with Gasteiger partial charge in [0, 0.05) is 16.7 Å². The van der Waals surface area contributed by atoms with E-state index >= 15 is 0 Å². The Balaban J connectivity index is 1.70. The second-order valence-electron chi connectivity index (χ2n) is 9.27. The van der Waals surface area contributed by atoms with Gasteiger partial charge in [-0.1, -0.05) is 131 Å². The summed E-state index contributed by atoms with van der Waals surface area (Å²) in [7, 11) is 0. The predicted octanol–water partition coefficient (Wildman–Crippen LogP) is 8.25. The molecule has 35 heavy (non-hydrogen) atoms.